The van der Waals surface area contributed by atoms with Gasteiger partial charge < -0.3 is 4.42 Å². The van der Waals surface area contributed by atoms with Gasteiger partial charge in [-0.3, -0.25) is 24.6 Å². The van der Waals surface area contributed by atoms with Crippen LogP contribution in [0.3, 0.4) is 0 Å². The number of benzene rings is 2. The number of amides is 2. The maximum absolute atomic E-state index is 12.7. The average molecular weight is 416 g/mol. The van der Waals surface area contributed by atoms with Crippen molar-refractivity contribution in [2.24, 2.45) is 0 Å². The summed E-state index contributed by atoms with van der Waals surface area (Å²) in [5.41, 5.74) is 1.65. The second-order valence-electron chi connectivity index (χ2n) is 6.62. The minimum absolute atomic E-state index is 0.0334. The average Bonchev–Trinajstić information content (AvgIpc) is 3.17. The number of nitrogens with zero attached hydrogens (tertiary/aromatic N) is 1. The molecule has 1 N–H and O–H groups in total. The van der Waals surface area contributed by atoms with E-state index in [4.69, 9.17) is 16.6 Å². The molecule has 3 aromatic rings. The predicted molar refractivity (Wildman–Crippen MR) is 117 cm³/mol. The molecule has 1 fully saturated rings. The summed E-state index contributed by atoms with van der Waals surface area (Å²) in [5, 5.41) is 3.25. The van der Waals surface area contributed by atoms with Crippen LogP contribution in [0.25, 0.3) is 17.0 Å². The number of rotatable bonds is 5. The number of ketones is 1. The summed E-state index contributed by atoms with van der Waals surface area (Å²) in [4.78, 5) is 38.8. The summed E-state index contributed by atoms with van der Waals surface area (Å²) in [6, 6.07) is 15.6. The van der Waals surface area contributed by atoms with Crippen molar-refractivity contribution in [1.82, 2.24) is 10.2 Å². The van der Waals surface area contributed by atoms with E-state index in [9.17, 15) is 14.4 Å². The number of hydrogen-bond donors (Lipinski definition) is 1. The standard InChI is InChI=1S/C23H16N2O4S/c1-2-10-25-22(28)17(21(27)24-23(25)30)12-14-8-9-18-16(11-14)13-19(29-18)20(26)15-6-4-3-5-7-15/h2-9,11-13H,1,10H2,(H,24,27,30)/b17-12-. The lowest BCUT2D eigenvalue weighted by Crippen LogP contribution is -2.53. The molecule has 0 atom stereocenters. The molecule has 148 valence electrons. The molecule has 0 unspecified atom stereocenters. The molecular weight excluding hydrogens is 400 g/mol. The van der Waals surface area contributed by atoms with Crippen LogP contribution in [0.2, 0.25) is 0 Å². The Morgan fingerprint density at radius 3 is 2.63 bits per heavy atom. The number of nitrogens with one attached hydrogen (secondary N) is 1. The smallest absolute Gasteiger partial charge is 0.265 e. The normalized spacial score (nSPS) is 15.5. The van der Waals surface area contributed by atoms with Crippen molar-refractivity contribution in [1.29, 1.82) is 0 Å². The van der Waals surface area contributed by atoms with Gasteiger partial charge in [0, 0.05) is 17.5 Å². The molecule has 0 radical (unpaired) electrons. The summed E-state index contributed by atoms with van der Waals surface area (Å²) in [6.45, 7) is 3.80. The topological polar surface area (TPSA) is 79.6 Å². The molecule has 2 heterocycles. The van der Waals surface area contributed by atoms with Crippen molar-refractivity contribution >= 4 is 52.0 Å². The molecule has 0 saturated carbocycles. The SMILES string of the molecule is C=CCN1C(=O)/C(=C\c2ccc3oc(C(=O)c4ccccc4)cc3c2)C(=O)NC1=S. The summed E-state index contributed by atoms with van der Waals surface area (Å²) in [5.74, 6) is -1.05. The third-order valence-corrected chi connectivity index (χ3v) is 4.93. The van der Waals surface area contributed by atoms with E-state index in [1.807, 2.05) is 6.07 Å². The highest BCUT2D eigenvalue weighted by Crippen LogP contribution is 2.24. The maximum atomic E-state index is 12.7. The Labute approximate surface area is 177 Å². The molecule has 1 aromatic heterocycles. The van der Waals surface area contributed by atoms with Gasteiger partial charge >= 0.3 is 0 Å². The first-order valence-electron chi connectivity index (χ1n) is 9.11. The largest absolute Gasteiger partial charge is 0.453 e. The minimum atomic E-state index is -0.558. The van der Waals surface area contributed by atoms with Gasteiger partial charge in [0.25, 0.3) is 11.8 Å². The Bertz CT molecular complexity index is 1240. The number of fused-ring (bicyclic) bond motifs is 1. The molecule has 1 aliphatic heterocycles. The fourth-order valence-corrected chi connectivity index (χ4v) is 3.40. The van der Waals surface area contributed by atoms with Crippen LogP contribution in [0, 0.1) is 0 Å². The van der Waals surface area contributed by atoms with Crippen molar-refractivity contribution in [2.75, 3.05) is 6.54 Å². The molecule has 1 aliphatic rings. The summed E-state index contributed by atoms with van der Waals surface area (Å²) >= 11 is 5.05. The van der Waals surface area contributed by atoms with Gasteiger partial charge in [-0.1, -0.05) is 42.5 Å². The molecule has 1 saturated heterocycles. The molecule has 2 aromatic carbocycles. The van der Waals surface area contributed by atoms with E-state index in [0.29, 0.717) is 22.1 Å². The van der Waals surface area contributed by atoms with Crippen molar-refractivity contribution in [3.8, 4) is 0 Å². The summed E-state index contributed by atoms with van der Waals surface area (Å²) in [7, 11) is 0. The van der Waals surface area contributed by atoms with Crippen molar-refractivity contribution in [2.45, 2.75) is 0 Å². The van der Waals surface area contributed by atoms with Gasteiger partial charge in [0.05, 0.1) is 0 Å². The molecule has 0 bridgehead atoms. The summed E-state index contributed by atoms with van der Waals surface area (Å²) < 4.78 is 5.68. The Kier molecular flexibility index (Phi) is 5.12. The van der Waals surface area contributed by atoms with Gasteiger partial charge in [-0.05, 0) is 42.1 Å². The zero-order valence-electron chi connectivity index (χ0n) is 15.8. The van der Waals surface area contributed by atoms with Gasteiger partial charge in [0.15, 0.2) is 10.9 Å². The third kappa shape index (κ3) is 3.58. The van der Waals surface area contributed by atoms with E-state index in [0.717, 1.165) is 0 Å². The Balaban J connectivity index is 1.67. The van der Waals surface area contributed by atoms with Crippen LogP contribution in [0.15, 0.2) is 77.2 Å². The first-order chi connectivity index (χ1) is 14.5. The van der Waals surface area contributed by atoms with Crippen molar-refractivity contribution < 1.29 is 18.8 Å². The molecule has 0 aliphatic carbocycles. The molecular formula is C23H16N2O4S. The lowest BCUT2D eigenvalue weighted by Gasteiger charge is -2.27. The van der Waals surface area contributed by atoms with Crippen LogP contribution < -0.4 is 5.32 Å². The van der Waals surface area contributed by atoms with Gasteiger partial charge in [0.1, 0.15) is 11.2 Å². The van der Waals surface area contributed by atoms with E-state index in [-0.39, 0.29) is 28.8 Å². The quantitative estimate of drug-likeness (QED) is 0.227. The summed E-state index contributed by atoms with van der Waals surface area (Å²) in [6.07, 6.45) is 3.02. The second-order valence-corrected chi connectivity index (χ2v) is 7.01. The van der Waals surface area contributed by atoms with Crippen LogP contribution >= 0.6 is 12.2 Å². The molecule has 2 amide bonds. The Hall–Kier alpha value is -3.84. The zero-order chi connectivity index (χ0) is 21.3. The van der Waals surface area contributed by atoms with Gasteiger partial charge in [-0.15, -0.1) is 6.58 Å². The highest BCUT2D eigenvalue weighted by molar-refractivity contribution is 7.80. The van der Waals surface area contributed by atoms with Gasteiger partial charge in [-0.2, -0.15) is 0 Å². The molecule has 7 heteroatoms. The number of hydrogen-bond acceptors (Lipinski definition) is 5. The molecule has 0 spiro atoms. The zero-order valence-corrected chi connectivity index (χ0v) is 16.6. The number of carbonyl (C=O) groups is 3. The van der Waals surface area contributed by atoms with Crippen molar-refractivity contribution in [3.05, 3.63) is 89.7 Å². The second kappa shape index (κ2) is 7.88. The van der Waals surface area contributed by atoms with Crippen LogP contribution in [0.4, 0.5) is 0 Å². The van der Waals surface area contributed by atoms with Gasteiger partial charge in [-0.25, -0.2) is 0 Å². The van der Waals surface area contributed by atoms with Crippen molar-refractivity contribution in [3.63, 3.8) is 0 Å². The van der Waals surface area contributed by atoms with E-state index in [1.165, 1.54) is 17.1 Å². The number of thiocarbonyl (C=S) groups is 1. The number of furan rings is 1. The van der Waals surface area contributed by atoms with E-state index < -0.39 is 11.8 Å². The first-order valence-corrected chi connectivity index (χ1v) is 9.52. The fraction of sp³-hybridized carbons (Fsp3) is 0.0435. The van der Waals surface area contributed by atoms with E-state index in [1.54, 1.807) is 48.5 Å². The number of carbonyl (C=O) groups excluding carboxylic acids is 3. The predicted octanol–water partition coefficient (Wildman–Crippen LogP) is 3.48. The highest BCUT2D eigenvalue weighted by Gasteiger charge is 2.32. The highest BCUT2D eigenvalue weighted by atomic mass is 32.1. The van der Waals surface area contributed by atoms with E-state index in [2.05, 4.69) is 11.9 Å². The van der Waals surface area contributed by atoms with Crippen LogP contribution in [0.5, 0.6) is 0 Å². The van der Waals surface area contributed by atoms with E-state index >= 15 is 0 Å². The van der Waals surface area contributed by atoms with Crippen LogP contribution in [-0.2, 0) is 9.59 Å². The third-order valence-electron chi connectivity index (χ3n) is 4.61. The van der Waals surface area contributed by atoms with Crippen LogP contribution in [-0.4, -0.2) is 34.2 Å². The Morgan fingerprint density at radius 1 is 1.13 bits per heavy atom. The lowest BCUT2D eigenvalue weighted by molar-refractivity contribution is -0.128. The molecule has 4 rings (SSSR count). The van der Waals surface area contributed by atoms with Gasteiger partial charge in [0.2, 0.25) is 5.78 Å². The first kappa shape index (κ1) is 19.5. The maximum Gasteiger partial charge on any atom is 0.265 e. The minimum Gasteiger partial charge on any atom is -0.453 e. The lowest BCUT2D eigenvalue weighted by atomic mass is 10.1. The monoisotopic (exact) mass is 416 g/mol. The van der Waals surface area contributed by atoms with Crippen LogP contribution in [0.1, 0.15) is 21.7 Å². The fourth-order valence-electron chi connectivity index (χ4n) is 3.15. The Morgan fingerprint density at radius 2 is 1.90 bits per heavy atom. The molecule has 6 nitrogen and oxygen atoms in total. The molecule has 30 heavy (non-hydrogen) atoms.